The molecule has 0 heterocycles. The molecule has 0 N–H and O–H groups in total. The zero-order valence-corrected chi connectivity index (χ0v) is 12.3. The molecular formula is C16H22O3. The molecule has 1 aromatic rings. The van der Waals surface area contributed by atoms with Gasteiger partial charge in [0.25, 0.3) is 0 Å². The van der Waals surface area contributed by atoms with E-state index >= 15 is 0 Å². The molecule has 104 valence electrons. The number of esters is 1. The maximum atomic E-state index is 11.3. The first-order valence-electron chi connectivity index (χ1n) is 6.44. The van der Waals surface area contributed by atoms with Crippen LogP contribution in [0.2, 0.25) is 0 Å². The Balaban J connectivity index is 2.62. The van der Waals surface area contributed by atoms with Crippen molar-refractivity contribution in [1.82, 2.24) is 0 Å². The summed E-state index contributed by atoms with van der Waals surface area (Å²) >= 11 is 0. The van der Waals surface area contributed by atoms with Crippen molar-refractivity contribution >= 4 is 12.0 Å². The Morgan fingerprint density at radius 2 is 1.74 bits per heavy atom. The Hall–Kier alpha value is -1.77. The molecule has 0 atom stereocenters. The summed E-state index contributed by atoms with van der Waals surface area (Å²) in [6, 6.07) is 7.58. The largest absolute Gasteiger partial charge is 0.488 e. The van der Waals surface area contributed by atoms with Crippen molar-refractivity contribution in [3.8, 4) is 5.75 Å². The Kier molecular flexibility index (Phi) is 5.16. The topological polar surface area (TPSA) is 35.5 Å². The van der Waals surface area contributed by atoms with Gasteiger partial charge in [-0.2, -0.15) is 0 Å². The minimum atomic E-state index is -0.329. The fourth-order valence-corrected chi connectivity index (χ4v) is 1.44. The van der Waals surface area contributed by atoms with Crippen LogP contribution in [0, 0.1) is 0 Å². The van der Waals surface area contributed by atoms with Gasteiger partial charge in [0.1, 0.15) is 11.4 Å². The molecule has 0 aliphatic rings. The van der Waals surface area contributed by atoms with Crippen molar-refractivity contribution in [2.75, 3.05) is 0 Å². The summed E-state index contributed by atoms with van der Waals surface area (Å²) in [5.74, 6) is 0.486. The third-order valence-electron chi connectivity index (χ3n) is 2.07. The second-order valence-corrected chi connectivity index (χ2v) is 5.60. The number of rotatable bonds is 4. The maximum Gasteiger partial charge on any atom is 0.331 e. The molecule has 0 bridgehead atoms. The van der Waals surface area contributed by atoms with Crippen LogP contribution in [-0.2, 0) is 9.53 Å². The van der Waals surface area contributed by atoms with Crippen molar-refractivity contribution in [1.29, 1.82) is 0 Å². The lowest BCUT2D eigenvalue weighted by Crippen LogP contribution is -2.22. The van der Waals surface area contributed by atoms with Crippen LogP contribution < -0.4 is 4.74 Å². The summed E-state index contributed by atoms with van der Waals surface area (Å²) in [5.41, 5.74) is 0.722. The Bertz CT molecular complexity index is 436. The summed E-state index contributed by atoms with van der Waals surface area (Å²) < 4.78 is 10.7. The van der Waals surface area contributed by atoms with Crippen molar-refractivity contribution in [2.24, 2.45) is 0 Å². The first kappa shape index (κ1) is 15.3. The molecule has 1 aromatic carbocycles. The number of hydrogen-bond acceptors (Lipinski definition) is 3. The molecule has 0 radical (unpaired) electrons. The van der Waals surface area contributed by atoms with E-state index < -0.39 is 0 Å². The Morgan fingerprint density at radius 1 is 1.16 bits per heavy atom. The molecule has 0 saturated heterocycles. The van der Waals surface area contributed by atoms with Crippen molar-refractivity contribution < 1.29 is 14.3 Å². The summed E-state index contributed by atoms with van der Waals surface area (Å²) in [4.78, 5) is 11.3. The minimum Gasteiger partial charge on any atom is -0.488 e. The Morgan fingerprint density at radius 3 is 2.21 bits per heavy atom. The van der Waals surface area contributed by atoms with Crippen molar-refractivity contribution in [3.05, 3.63) is 35.9 Å². The molecule has 0 aliphatic heterocycles. The van der Waals surface area contributed by atoms with E-state index in [0.717, 1.165) is 11.3 Å². The van der Waals surface area contributed by atoms with Crippen LogP contribution in [0.4, 0.5) is 0 Å². The van der Waals surface area contributed by atoms with Gasteiger partial charge in [-0.15, -0.1) is 0 Å². The predicted molar refractivity (Wildman–Crippen MR) is 77.1 cm³/mol. The molecule has 19 heavy (non-hydrogen) atoms. The average Bonchev–Trinajstić information content (AvgIpc) is 2.25. The molecule has 0 saturated carbocycles. The molecule has 3 nitrogen and oxygen atoms in total. The highest BCUT2D eigenvalue weighted by Gasteiger charge is 2.11. The number of carbonyl (C=O) groups is 1. The lowest BCUT2D eigenvalue weighted by atomic mass is 10.1. The third-order valence-corrected chi connectivity index (χ3v) is 2.07. The van der Waals surface area contributed by atoms with E-state index in [4.69, 9.17) is 9.47 Å². The lowest BCUT2D eigenvalue weighted by Gasteiger charge is -2.21. The monoisotopic (exact) mass is 262 g/mol. The van der Waals surface area contributed by atoms with Crippen LogP contribution in [0.25, 0.3) is 6.08 Å². The fourth-order valence-electron chi connectivity index (χ4n) is 1.44. The van der Waals surface area contributed by atoms with Gasteiger partial charge in [-0.3, -0.25) is 0 Å². The molecule has 3 heteroatoms. The quantitative estimate of drug-likeness (QED) is 0.611. The first-order chi connectivity index (χ1) is 8.76. The van der Waals surface area contributed by atoms with Crippen LogP contribution in [-0.4, -0.2) is 17.7 Å². The van der Waals surface area contributed by atoms with Crippen LogP contribution in [0.15, 0.2) is 30.3 Å². The van der Waals surface area contributed by atoms with Gasteiger partial charge in [0.2, 0.25) is 0 Å². The van der Waals surface area contributed by atoms with Crippen LogP contribution in [0.1, 0.15) is 40.2 Å². The van der Waals surface area contributed by atoms with Gasteiger partial charge in [-0.05, 0) is 58.4 Å². The zero-order valence-electron chi connectivity index (χ0n) is 12.3. The molecule has 0 spiro atoms. The van der Waals surface area contributed by atoms with Gasteiger partial charge in [-0.25, -0.2) is 4.79 Å². The van der Waals surface area contributed by atoms with E-state index in [1.807, 2.05) is 58.9 Å². The standard InChI is InChI=1S/C16H22O3/c1-12(2)18-15(17)11-8-13-6-9-14(10-7-13)19-16(3,4)5/h6-12H,1-5H3. The van der Waals surface area contributed by atoms with Gasteiger partial charge < -0.3 is 9.47 Å². The predicted octanol–water partition coefficient (Wildman–Crippen LogP) is 3.83. The van der Waals surface area contributed by atoms with Gasteiger partial charge in [0.15, 0.2) is 0 Å². The number of benzene rings is 1. The number of hydrogen-bond donors (Lipinski definition) is 0. The third kappa shape index (κ3) is 6.65. The summed E-state index contributed by atoms with van der Waals surface area (Å²) in [6.45, 7) is 9.66. The first-order valence-corrected chi connectivity index (χ1v) is 6.44. The van der Waals surface area contributed by atoms with Gasteiger partial charge in [-0.1, -0.05) is 12.1 Å². The van der Waals surface area contributed by atoms with E-state index in [0.29, 0.717) is 0 Å². The van der Waals surface area contributed by atoms with Crippen LogP contribution in [0.3, 0.4) is 0 Å². The normalized spacial score (nSPS) is 11.9. The summed E-state index contributed by atoms with van der Waals surface area (Å²) in [5, 5.41) is 0. The molecule has 0 unspecified atom stereocenters. The van der Waals surface area contributed by atoms with E-state index in [1.54, 1.807) is 6.08 Å². The minimum absolute atomic E-state index is 0.0975. The average molecular weight is 262 g/mol. The SMILES string of the molecule is CC(C)OC(=O)C=Cc1ccc(OC(C)(C)C)cc1. The van der Waals surface area contributed by atoms with E-state index in [-0.39, 0.29) is 17.7 Å². The van der Waals surface area contributed by atoms with Crippen molar-refractivity contribution in [3.63, 3.8) is 0 Å². The highest BCUT2D eigenvalue weighted by molar-refractivity contribution is 5.87. The van der Waals surface area contributed by atoms with Gasteiger partial charge >= 0.3 is 5.97 Å². The van der Waals surface area contributed by atoms with E-state index in [2.05, 4.69) is 0 Å². The second-order valence-electron chi connectivity index (χ2n) is 5.60. The highest BCUT2D eigenvalue weighted by atomic mass is 16.5. The van der Waals surface area contributed by atoms with Crippen LogP contribution >= 0.6 is 0 Å². The second kappa shape index (κ2) is 6.41. The molecule has 0 aromatic heterocycles. The molecule has 1 rings (SSSR count). The fraction of sp³-hybridized carbons (Fsp3) is 0.438. The van der Waals surface area contributed by atoms with Crippen molar-refractivity contribution in [2.45, 2.75) is 46.3 Å². The van der Waals surface area contributed by atoms with Gasteiger partial charge in [0.05, 0.1) is 6.10 Å². The summed E-state index contributed by atoms with van der Waals surface area (Å²) in [6.07, 6.45) is 3.06. The lowest BCUT2D eigenvalue weighted by molar-refractivity contribution is -0.141. The molecule has 0 fully saturated rings. The highest BCUT2D eigenvalue weighted by Crippen LogP contribution is 2.18. The van der Waals surface area contributed by atoms with E-state index in [1.165, 1.54) is 6.08 Å². The molecule has 0 aliphatic carbocycles. The maximum absolute atomic E-state index is 11.3. The van der Waals surface area contributed by atoms with E-state index in [9.17, 15) is 4.79 Å². The smallest absolute Gasteiger partial charge is 0.331 e. The number of carbonyl (C=O) groups excluding carboxylic acids is 1. The molecule has 0 amide bonds. The Labute approximate surface area is 115 Å². The zero-order chi connectivity index (χ0) is 14.5. The molecular weight excluding hydrogens is 240 g/mol. The van der Waals surface area contributed by atoms with Crippen LogP contribution in [0.5, 0.6) is 5.75 Å². The summed E-state index contributed by atoms with van der Waals surface area (Å²) in [7, 11) is 0. The number of ether oxygens (including phenoxy) is 2. The van der Waals surface area contributed by atoms with Gasteiger partial charge in [0, 0.05) is 6.08 Å².